The number of hydrogen-bond donors (Lipinski definition) is 1. The highest BCUT2D eigenvalue weighted by molar-refractivity contribution is 6.03. The Labute approximate surface area is 170 Å². The lowest BCUT2D eigenvalue weighted by Gasteiger charge is -2.15. The number of ether oxygens (including phenoxy) is 1. The molecular formula is C23H25N3O3. The van der Waals surface area contributed by atoms with E-state index in [1.165, 1.54) is 24.0 Å². The van der Waals surface area contributed by atoms with Gasteiger partial charge in [-0.15, -0.1) is 5.10 Å². The van der Waals surface area contributed by atoms with E-state index in [4.69, 9.17) is 9.15 Å². The zero-order chi connectivity index (χ0) is 20.1. The summed E-state index contributed by atoms with van der Waals surface area (Å²) in [6, 6.07) is 13.4. The van der Waals surface area contributed by atoms with Crippen molar-refractivity contribution >= 4 is 11.9 Å². The number of hydrogen-bond acceptors (Lipinski definition) is 5. The topological polar surface area (TPSA) is 77.2 Å². The lowest BCUT2D eigenvalue weighted by atomic mass is 9.90. The Bertz CT molecular complexity index is 997. The molecule has 0 aliphatic heterocycles. The summed E-state index contributed by atoms with van der Waals surface area (Å²) >= 11 is 0. The van der Waals surface area contributed by atoms with E-state index >= 15 is 0 Å². The number of aromatic nitrogens is 2. The van der Waals surface area contributed by atoms with Crippen LogP contribution in [0.1, 0.15) is 54.1 Å². The monoisotopic (exact) mass is 391 g/mol. The number of carbonyl (C=O) groups is 1. The summed E-state index contributed by atoms with van der Waals surface area (Å²) in [6.45, 7) is 2.74. The standard InChI is InChI=1S/C23H25N3O3/c1-2-3-13-28-20-10-6-9-18(15-20)21(27)24-23-26-25-22(29-23)19-12-11-16-7-4-5-8-17(16)14-19/h6,9-12,14-15H,2-5,7-8,13H2,1H3,(H,24,26,27). The fourth-order valence-corrected chi connectivity index (χ4v) is 3.49. The van der Waals surface area contributed by atoms with Crippen molar-refractivity contribution < 1.29 is 13.9 Å². The fraction of sp³-hybridized carbons (Fsp3) is 0.348. The van der Waals surface area contributed by atoms with Crippen LogP contribution in [0.2, 0.25) is 0 Å². The molecule has 1 aromatic heterocycles. The van der Waals surface area contributed by atoms with Gasteiger partial charge in [-0.2, -0.15) is 0 Å². The zero-order valence-corrected chi connectivity index (χ0v) is 16.6. The molecule has 1 heterocycles. The summed E-state index contributed by atoms with van der Waals surface area (Å²) in [7, 11) is 0. The molecule has 2 aromatic carbocycles. The van der Waals surface area contributed by atoms with Gasteiger partial charge in [-0.05, 0) is 73.6 Å². The van der Waals surface area contributed by atoms with E-state index in [2.05, 4.69) is 34.6 Å². The van der Waals surface area contributed by atoms with E-state index in [9.17, 15) is 4.79 Å². The van der Waals surface area contributed by atoms with Gasteiger partial charge in [0.2, 0.25) is 5.89 Å². The first-order valence-electron chi connectivity index (χ1n) is 10.2. The number of unbranched alkanes of at least 4 members (excludes halogenated alkanes) is 1. The van der Waals surface area contributed by atoms with E-state index in [1.54, 1.807) is 18.2 Å². The predicted octanol–water partition coefficient (Wildman–Crippen LogP) is 5.05. The van der Waals surface area contributed by atoms with Crippen LogP contribution in [0, 0.1) is 0 Å². The third kappa shape index (κ3) is 4.65. The Kier molecular flexibility index (Phi) is 5.89. The van der Waals surface area contributed by atoms with Crippen LogP contribution in [0.25, 0.3) is 11.5 Å². The zero-order valence-electron chi connectivity index (χ0n) is 16.6. The number of amides is 1. The van der Waals surface area contributed by atoms with Crippen LogP contribution in [0.4, 0.5) is 6.01 Å². The molecule has 0 fully saturated rings. The second-order valence-electron chi connectivity index (χ2n) is 7.29. The molecule has 6 nitrogen and oxygen atoms in total. The van der Waals surface area contributed by atoms with Gasteiger partial charge in [0.25, 0.3) is 5.91 Å². The highest BCUT2D eigenvalue weighted by atomic mass is 16.5. The van der Waals surface area contributed by atoms with Crippen LogP contribution in [-0.2, 0) is 12.8 Å². The summed E-state index contributed by atoms with van der Waals surface area (Å²) in [6.07, 6.45) is 6.70. The summed E-state index contributed by atoms with van der Waals surface area (Å²) in [5, 5.41) is 10.7. The van der Waals surface area contributed by atoms with Crippen molar-refractivity contribution in [3.05, 3.63) is 59.2 Å². The third-order valence-corrected chi connectivity index (χ3v) is 5.10. The molecule has 0 bridgehead atoms. The van der Waals surface area contributed by atoms with Crippen LogP contribution >= 0.6 is 0 Å². The average molecular weight is 391 g/mol. The minimum Gasteiger partial charge on any atom is -0.494 e. The number of nitrogens with zero attached hydrogens (tertiary/aromatic N) is 2. The number of nitrogens with one attached hydrogen (secondary N) is 1. The van der Waals surface area contributed by atoms with Crippen molar-refractivity contribution in [1.29, 1.82) is 0 Å². The Morgan fingerprint density at radius 1 is 1.10 bits per heavy atom. The average Bonchev–Trinajstić information content (AvgIpc) is 3.22. The summed E-state index contributed by atoms with van der Waals surface area (Å²) in [4.78, 5) is 12.5. The Morgan fingerprint density at radius 2 is 1.97 bits per heavy atom. The third-order valence-electron chi connectivity index (χ3n) is 5.10. The molecule has 0 spiro atoms. The molecule has 0 radical (unpaired) electrons. The molecule has 1 amide bonds. The maximum absolute atomic E-state index is 12.5. The molecule has 4 rings (SSSR count). The van der Waals surface area contributed by atoms with Crippen molar-refractivity contribution in [1.82, 2.24) is 10.2 Å². The Morgan fingerprint density at radius 3 is 2.83 bits per heavy atom. The summed E-state index contributed by atoms with van der Waals surface area (Å²) in [5.74, 6) is 0.767. The predicted molar refractivity (Wildman–Crippen MR) is 111 cm³/mol. The Hall–Kier alpha value is -3.15. The molecule has 3 aromatic rings. The van der Waals surface area contributed by atoms with Crippen molar-refractivity contribution in [3.8, 4) is 17.2 Å². The van der Waals surface area contributed by atoms with Gasteiger partial charge in [0.15, 0.2) is 0 Å². The van der Waals surface area contributed by atoms with Crippen molar-refractivity contribution in [2.24, 2.45) is 0 Å². The fourth-order valence-electron chi connectivity index (χ4n) is 3.49. The number of fused-ring (bicyclic) bond motifs is 1. The molecule has 150 valence electrons. The highest BCUT2D eigenvalue weighted by Gasteiger charge is 2.16. The molecular weight excluding hydrogens is 366 g/mol. The number of rotatable bonds is 7. The smallest absolute Gasteiger partial charge is 0.322 e. The maximum atomic E-state index is 12.5. The van der Waals surface area contributed by atoms with Gasteiger partial charge in [-0.25, -0.2) is 0 Å². The number of carbonyl (C=O) groups excluding carboxylic acids is 1. The van der Waals surface area contributed by atoms with E-state index in [1.807, 2.05) is 12.1 Å². The first-order chi connectivity index (χ1) is 14.2. The van der Waals surface area contributed by atoms with Crippen LogP contribution < -0.4 is 10.1 Å². The minimum absolute atomic E-state index is 0.0834. The molecule has 0 saturated heterocycles. The number of benzene rings is 2. The van der Waals surface area contributed by atoms with Crippen molar-refractivity contribution in [2.45, 2.75) is 45.4 Å². The molecule has 0 saturated carbocycles. The quantitative estimate of drug-likeness (QED) is 0.571. The second-order valence-corrected chi connectivity index (χ2v) is 7.29. The number of anilines is 1. The molecule has 6 heteroatoms. The van der Waals surface area contributed by atoms with E-state index in [-0.39, 0.29) is 11.9 Å². The molecule has 1 N–H and O–H groups in total. The van der Waals surface area contributed by atoms with Gasteiger partial charge in [0.05, 0.1) is 6.61 Å². The maximum Gasteiger partial charge on any atom is 0.322 e. The lowest BCUT2D eigenvalue weighted by Crippen LogP contribution is -2.12. The van der Waals surface area contributed by atoms with Crippen molar-refractivity contribution in [3.63, 3.8) is 0 Å². The molecule has 1 aliphatic rings. The van der Waals surface area contributed by atoms with E-state index in [0.717, 1.165) is 31.2 Å². The summed E-state index contributed by atoms with van der Waals surface area (Å²) < 4.78 is 11.3. The first kappa shape index (κ1) is 19.2. The van der Waals surface area contributed by atoms with Crippen LogP contribution in [0.3, 0.4) is 0 Å². The van der Waals surface area contributed by atoms with Gasteiger partial charge in [-0.1, -0.05) is 30.6 Å². The minimum atomic E-state index is -0.313. The van der Waals surface area contributed by atoms with E-state index < -0.39 is 0 Å². The lowest BCUT2D eigenvalue weighted by molar-refractivity contribution is 0.102. The Balaban J connectivity index is 1.44. The summed E-state index contributed by atoms with van der Waals surface area (Å²) in [5.41, 5.74) is 4.10. The molecule has 29 heavy (non-hydrogen) atoms. The van der Waals surface area contributed by atoms with Gasteiger partial charge >= 0.3 is 6.01 Å². The van der Waals surface area contributed by atoms with Gasteiger partial charge in [0, 0.05) is 11.1 Å². The van der Waals surface area contributed by atoms with Crippen LogP contribution in [-0.4, -0.2) is 22.7 Å². The largest absolute Gasteiger partial charge is 0.494 e. The van der Waals surface area contributed by atoms with Gasteiger partial charge < -0.3 is 9.15 Å². The normalized spacial score (nSPS) is 13.0. The first-order valence-corrected chi connectivity index (χ1v) is 10.2. The molecule has 0 unspecified atom stereocenters. The van der Waals surface area contributed by atoms with Gasteiger partial charge in [-0.3, -0.25) is 10.1 Å². The highest BCUT2D eigenvalue weighted by Crippen LogP contribution is 2.27. The van der Waals surface area contributed by atoms with Crippen LogP contribution in [0.15, 0.2) is 46.9 Å². The molecule has 1 aliphatic carbocycles. The SMILES string of the molecule is CCCCOc1cccc(C(=O)Nc2nnc(-c3ccc4c(c3)CCCC4)o2)c1. The second kappa shape index (κ2) is 8.90. The molecule has 0 atom stereocenters. The van der Waals surface area contributed by atoms with Crippen LogP contribution in [0.5, 0.6) is 5.75 Å². The van der Waals surface area contributed by atoms with Gasteiger partial charge in [0.1, 0.15) is 5.75 Å². The van der Waals surface area contributed by atoms with Crippen molar-refractivity contribution in [2.75, 3.05) is 11.9 Å². The van der Waals surface area contributed by atoms with E-state index in [0.29, 0.717) is 23.8 Å². The number of aryl methyl sites for hydroxylation is 2.